The van der Waals surface area contributed by atoms with Crippen LogP contribution in [-0.4, -0.2) is 55.6 Å². The van der Waals surface area contributed by atoms with E-state index in [-0.39, 0.29) is 30.1 Å². The Labute approximate surface area is 261 Å². The number of nitrogens with zero attached hydrogens (tertiary/aromatic N) is 4. The van der Waals surface area contributed by atoms with Gasteiger partial charge in [-0.1, -0.05) is 23.4 Å². The molecule has 1 unspecified atom stereocenters. The number of pyridine rings is 1. The molecule has 2 aliphatic carbocycles. The quantitative estimate of drug-likeness (QED) is 0.269. The van der Waals surface area contributed by atoms with Gasteiger partial charge in [-0.25, -0.2) is 18.6 Å². The van der Waals surface area contributed by atoms with E-state index in [2.05, 4.69) is 21.7 Å². The molecule has 3 aromatic heterocycles. The van der Waals surface area contributed by atoms with Gasteiger partial charge in [0, 0.05) is 57.9 Å². The van der Waals surface area contributed by atoms with E-state index in [4.69, 9.17) is 16.6 Å². The lowest BCUT2D eigenvalue weighted by atomic mass is 9.87. The standard InChI is InChI=1S/C33H29ClF2N4O3S/c1-19-38-27-8-7-22(39-12-3-10-32(18-39)17-33(32,35)36)15-25(27)30(41)40(19)13-2-4-20-5-6-21(34)14-24(20)23-9-11-37-28-26(31(42)43)16-44-29(23)28/h5-6,9,11,14,16,22H,3,7-8,10,12-13,15,17-18H2,1H3,(H,42,43)/t22?,32-/m1/s1. The summed E-state index contributed by atoms with van der Waals surface area (Å²) >= 11 is 7.67. The Balaban J connectivity index is 1.16. The molecule has 7 nitrogen and oxygen atoms in total. The summed E-state index contributed by atoms with van der Waals surface area (Å²) in [6.45, 7) is 3.12. The minimum Gasteiger partial charge on any atom is -0.478 e. The number of carboxylic acid groups (broad SMARTS) is 1. The highest BCUT2D eigenvalue weighted by molar-refractivity contribution is 7.18. The Morgan fingerprint density at radius 2 is 2.09 bits per heavy atom. The summed E-state index contributed by atoms with van der Waals surface area (Å²) in [4.78, 5) is 36.6. The smallest absolute Gasteiger partial charge is 0.338 e. The van der Waals surface area contributed by atoms with Crippen LogP contribution in [0.2, 0.25) is 5.02 Å². The van der Waals surface area contributed by atoms with E-state index in [9.17, 15) is 23.5 Å². The first-order chi connectivity index (χ1) is 21.1. The summed E-state index contributed by atoms with van der Waals surface area (Å²) in [5, 5.41) is 11.6. The number of carbonyl (C=O) groups is 1. The maximum Gasteiger partial charge on any atom is 0.338 e. The number of likely N-dealkylation sites (tertiary alicyclic amines) is 1. The van der Waals surface area contributed by atoms with Gasteiger partial charge in [-0.05, 0) is 69.8 Å². The number of hydrogen-bond donors (Lipinski definition) is 1. The number of thiophene rings is 1. The number of halogens is 3. The first-order valence-corrected chi connectivity index (χ1v) is 15.9. The summed E-state index contributed by atoms with van der Waals surface area (Å²) in [5.41, 5.74) is 3.21. The summed E-state index contributed by atoms with van der Waals surface area (Å²) in [7, 11) is 0. The molecule has 0 radical (unpaired) electrons. The van der Waals surface area contributed by atoms with Crippen molar-refractivity contribution < 1.29 is 18.7 Å². The minimum absolute atomic E-state index is 0.0237. The number of carboxylic acids is 1. The third kappa shape index (κ3) is 4.91. The average molecular weight is 635 g/mol. The Hall–Kier alpha value is -3.65. The Kier molecular flexibility index (Phi) is 7.11. The first kappa shape index (κ1) is 29.1. The molecule has 1 aromatic carbocycles. The van der Waals surface area contributed by atoms with Gasteiger partial charge in [0.15, 0.2) is 0 Å². The lowest BCUT2D eigenvalue weighted by Crippen LogP contribution is -2.48. The van der Waals surface area contributed by atoms with Crippen LogP contribution in [0.5, 0.6) is 0 Å². The molecule has 2 atom stereocenters. The Morgan fingerprint density at radius 1 is 1.27 bits per heavy atom. The zero-order valence-electron chi connectivity index (χ0n) is 24.0. The number of aromatic carboxylic acids is 1. The van der Waals surface area contributed by atoms with Gasteiger partial charge in [-0.2, -0.15) is 0 Å². The second-order valence-electron chi connectivity index (χ2n) is 12.1. The third-order valence-electron chi connectivity index (χ3n) is 9.44. The molecule has 1 saturated carbocycles. The zero-order chi connectivity index (χ0) is 30.8. The molecule has 226 valence electrons. The van der Waals surface area contributed by atoms with Crippen LogP contribution in [0.1, 0.15) is 58.7 Å². The van der Waals surface area contributed by atoms with Crippen molar-refractivity contribution in [1.29, 1.82) is 0 Å². The normalized spacial score (nSPS) is 22.4. The lowest BCUT2D eigenvalue weighted by Gasteiger charge is -2.40. The summed E-state index contributed by atoms with van der Waals surface area (Å²) in [5.74, 6) is 3.31. The highest BCUT2D eigenvalue weighted by Crippen LogP contribution is 2.64. The van der Waals surface area contributed by atoms with Crippen LogP contribution in [0.4, 0.5) is 8.78 Å². The number of aryl methyl sites for hydroxylation is 2. The molecule has 3 aliphatic rings. The number of aromatic nitrogens is 3. The molecule has 1 spiro atoms. The van der Waals surface area contributed by atoms with Crippen molar-refractivity contribution in [1.82, 2.24) is 19.4 Å². The van der Waals surface area contributed by atoms with Crippen molar-refractivity contribution in [2.75, 3.05) is 13.1 Å². The minimum atomic E-state index is -2.57. The molecule has 7 rings (SSSR count). The number of rotatable bonds is 4. The summed E-state index contributed by atoms with van der Waals surface area (Å²) < 4.78 is 30.6. The Bertz CT molecular complexity index is 1960. The van der Waals surface area contributed by atoms with E-state index < -0.39 is 17.3 Å². The van der Waals surface area contributed by atoms with Gasteiger partial charge in [0.2, 0.25) is 0 Å². The van der Waals surface area contributed by atoms with E-state index in [1.54, 1.807) is 35.2 Å². The van der Waals surface area contributed by atoms with Crippen molar-refractivity contribution >= 4 is 39.1 Å². The van der Waals surface area contributed by atoms with Crippen LogP contribution in [0.25, 0.3) is 21.3 Å². The molecule has 4 heterocycles. The van der Waals surface area contributed by atoms with Crippen LogP contribution < -0.4 is 5.56 Å². The number of alkyl halides is 2. The molecule has 11 heteroatoms. The fraction of sp³-hybridized carbons (Fsp3) is 0.394. The van der Waals surface area contributed by atoms with Gasteiger partial charge in [-0.15, -0.1) is 11.3 Å². The predicted octanol–water partition coefficient (Wildman–Crippen LogP) is 6.21. The van der Waals surface area contributed by atoms with Gasteiger partial charge in [-0.3, -0.25) is 19.2 Å². The Morgan fingerprint density at radius 3 is 2.86 bits per heavy atom. The topological polar surface area (TPSA) is 88.3 Å². The van der Waals surface area contributed by atoms with Crippen molar-refractivity contribution in [2.45, 2.75) is 64.0 Å². The van der Waals surface area contributed by atoms with Crippen molar-refractivity contribution in [3.63, 3.8) is 0 Å². The highest BCUT2D eigenvalue weighted by Gasteiger charge is 2.71. The fourth-order valence-corrected chi connectivity index (χ4v) is 8.17. The molecule has 0 bridgehead atoms. The molecule has 1 aliphatic heterocycles. The third-order valence-corrected chi connectivity index (χ3v) is 10.7. The van der Waals surface area contributed by atoms with Gasteiger partial charge < -0.3 is 5.11 Å². The first-order valence-electron chi connectivity index (χ1n) is 14.7. The average Bonchev–Trinajstić information content (AvgIpc) is 3.29. The van der Waals surface area contributed by atoms with Crippen LogP contribution in [0, 0.1) is 24.2 Å². The van der Waals surface area contributed by atoms with Crippen molar-refractivity contribution in [2.24, 2.45) is 5.41 Å². The molecule has 1 N–H and O–H groups in total. The monoisotopic (exact) mass is 634 g/mol. The molecule has 1 saturated heterocycles. The van der Waals surface area contributed by atoms with Crippen LogP contribution in [-0.2, 0) is 19.4 Å². The molecular formula is C33H29ClF2N4O3S. The van der Waals surface area contributed by atoms with Crippen LogP contribution >= 0.6 is 22.9 Å². The fourth-order valence-electron chi connectivity index (χ4n) is 6.97. The predicted molar refractivity (Wildman–Crippen MR) is 166 cm³/mol. The van der Waals surface area contributed by atoms with Gasteiger partial charge in [0.05, 0.1) is 33.4 Å². The SMILES string of the molecule is Cc1nc2c(c(=O)n1CC#Cc1ccc(Cl)cc1-c1ccnc3c(C(=O)O)csc13)CC(N1CCC[C@]3(C1)CC3(F)F)CC2. The van der Waals surface area contributed by atoms with Crippen molar-refractivity contribution in [3.8, 4) is 23.0 Å². The number of fused-ring (bicyclic) bond motifs is 2. The van der Waals surface area contributed by atoms with Gasteiger partial charge in [0.1, 0.15) is 5.82 Å². The molecule has 2 fully saturated rings. The molecular weight excluding hydrogens is 606 g/mol. The van der Waals surface area contributed by atoms with E-state index >= 15 is 0 Å². The number of benzene rings is 1. The van der Waals surface area contributed by atoms with E-state index in [1.165, 1.54) is 11.3 Å². The molecule has 44 heavy (non-hydrogen) atoms. The molecule has 0 amide bonds. The highest BCUT2D eigenvalue weighted by atomic mass is 35.5. The maximum absolute atomic E-state index is 14.2. The second-order valence-corrected chi connectivity index (χ2v) is 13.4. The zero-order valence-corrected chi connectivity index (χ0v) is 25.6. The van der Waals surface area contributed by atoms with Crippen LogP contribution in [0.15, 0.2) is 40.6 Å². The summed E-state index contributed by atoms with van der Waals surface area (Å²) in [6, 6.07) is 7.21. The largest absolute Gasteiger partial charge is 0.478 e. The molecule has 4 aromatic rings. The van der Waals surface area contributed by atoms with E-state index in [1.807, 2.05) is 12.1 Å². The lowest BCUT2D eigenvalue weighted by molar-refractivity contribution is 0.0105. The van der Waals surface area contributed by atoms with Crippen molar-refractivity contribution in [3.05, 3.63) is 79.4 Å². The number of piperidine rings is 1. The number of hydrogen-bond acceptors (Lipinski definition) is 6. The maximum atomic E-state index is 14.2. The summed E-state index contributed by atoms with van der Waals surface area (Å²) in [6.07, 6.45) is 4.86. The van der Waals surface area contributed by atoms with Gasteiger partial charge in [0.25, 0.3) is 11.5 Å². The van der Waals surface area contributed by atoms with Gasteiger partial charge >= 0.3 is 5.97 Å². The second kappa shape index (κ2) is 10.8. The van der Waals surface area contributed by atoms with E-state index in [0.717, 1.165) is 40.9 Å². The van der Waals surface area contributed by atoms with E-state index in [0.29, 0.717) is 53.3 Å². The van der Waals surface area contributed by atoms with Crippen LogP contribution in [0.3, 0.4) is 0 Å².